The van der Waals surface area contributed by atoms with Crippen LogP contribution in [0.5, 0.6) is 5.75 Å². The van der Waals surface area contributed by atoms with Crippen molar-refractivity contribution in [3.63, 3.8) is 0 Å². The number of fused-ring (bicyclic) bond motifs is 2. The lowest BCUT2D eigenvalue weighted by Gasteiger charge is -2.15. The Labute approximate surface area is 256 Å². The third-order valence-corrected chi connectivity index (χ3v) is 7.56. The number of aryl methyl sites for hydroxylation is 3. The van der Waals surface area contributed by atoms with E-state index in [4.69, 9.17) is 14.5 Å². The van der Waals surface area contributed by atoms with E-state index in [0.29, 0.717) is 49.8 Å². The highest BCUT2D eigenvalue weighted by atomic mass is 16.5. The van der Waals surface area contributed by atoms with Crippen molar-refractivity contribution in [3.05, 3.63) is 154 Å². The summed E-state index contributed by atoms with van der Waals surface area (Å²) in [6, 6.07) is 34.7. The van der Waals surface area contributed by atoms with Crippen molar-refractivity contribution in [2.45, 2.75) is 27.4 Å². The number of esters is 2. The van der Waals surface area contributed by atoms with Gasteiger partial charge in [-0.25, -0.2) is 14.6 Å². The van der Waals surface area contributed by atoms with E-state index in [2.05, 4.69) is 37.3 Å². The molecule has 0 saturated carbocycles. The van der Waals surface area contributed by atoms with E-state index in [1.54, 1.807) is 12.1 Å². The number of pyridine rings is 1. The van der Waals surface area contributed by atoms with Crippen LogP contribution in [0, 0.1) is 20.8 Å². The van der Waals surface area contributed by atoms with E-state index in [-0.39, 0.29) is 6.61 Å². The van der Waals surface area contributed by atoms with Gasteiger partial charge < -0.3 is 9.47 Å². The van der Waals surface area contributed by atoms with Gasteiger partial charge >= 0.3 is 11.9 Å². The van der Waals surface area contributed by atoms with E-state index in [9.17, 15) is 9.59 Å². The van der Waals surface area contributed by atoms with Crippen molar-refractivity contribution in [1.82, 2.24) is 4.98 Å². The monoisotopic (exact) mass is 577 g/mol. The average molecular weight is 578 g/mol. The van der Waals surface area contributed by atoms with Gasteiger partial charge in [0, 0.05) is 10.8 Å². The van der Waals surface area contributed by atoms with Gasteiger partial charge in [-0.05, 0) is 72.9 Å². The minimum absolute atomic E-state index is 0.181. The van der Waals surface area contributed by atoms with Crippen molar-refractivity contribution in [1.29, 1.82) is 0 Å². The number of carbonyl (C=O) groups excluding carboxylic acids is 2. The quantitative estimate of drug-likeness (QED) is 0.0820. The van der Waals surface area contributed by atoms with Crippen LogP contribution in [0.1, 0.15) is 54.1 Å². The van der Waals surface area contributed by atoms with Crippen LogP contribution in [0.4, 0.5) is 0 Å². The molecule has 1 aromatic heterocycles. The second kappa shape index (κ2) is 12.4. The maximum Gasteiger partial charge on any atom is 0.344 e. The molecule has 0 amide bonds. The van der Waals surface area contributed by atoms with Gasteiger partial charge in [-0.3, -0.25) is 0 Å². The van der Waals surface area contributed by atoms with Gasteiger partial charge in [0.15, 0.2) is 0 Å². The second-order valence-electron chi connectivity index (χ2n) is 10.9. The lowest BCUT2D eigenvalue weighted by atomic mass is 10.0. The Morgan fingerprint density at radius 3 is 2.05 bits per heavy atom. The number of carbonyl (C=O) groups is 2. The first-order chi connectivity index (χ1) is 21.4. The molecule has 44 heavy (non-hydrogen) atoms. The predicted molar refractivity (Wildman–Crippen MR) is 176 cm³/mol. The molecule has 6 aromatic rings. The molecule has 5 nitrogen and oxygen atoms in total. The fraction of sp³-hybridized carbons (Fsp3) is 0.103. The summed E-state index contributed by atoms with van der Waals surface area (Å²) in [7, 11) is 0. The smallest absolute Gasteiger partial charge is 0.344 e. The zero-order valence-electron chi connectivity index (χ0n) is 24.8. The number of hydrogen-bond acceptors (Lipinski definition) is 5. The number of benzene rings is 5. The Morgan fingerprint density at radius 2 is 1.30 bits per heavy atom. The zero-order chi connectivity index (χ0) is 30.6. The first-order valence-electron chi connectivity index (χ1n) is 14.5. The molecule has 0 aliphatic rings. The highest BCUT2D eigenvalue weighted by molar-refractivity contribution is 6.15. The topological polar surface area (TPSA) is 65.5 Å². The van der Waals surface area contributed by atoms with Crippen molar-refractivity contribution in [3.8, 4) is 5.75 Å². The SMILES string of the molecule is Cc1ccc(/C=C/c2ccc3c(C(=O)Oc4c(C)cc(C(=O)OCc5ccccc5)cc4C)c4ccccc4nc3c2)cc1. The third kappa shape index (κ3) is 6.13. The highest BCUT2D eigenvalue weighted by Crippen LogP contribution is 2.31. The summed E-state index contributed by atoms with van der Waals surface area (Å²) in [6.45, 7) is 5.88. The Balaban J connectivity index is 1.29. The minimum Gasteiger partial charge on any atom is -0.457 e. The summed E-state index contributed by atoms with van der Waals surface area (Å²) in [4.78, 5) is 31.6. The number of nitrogens with zero attached hydrogens (tertiary/aromatic N) is 1. The molecule has 0 unspecified atom stereocenters. The molecule has 0 N–H and O–H groups in total. The molecule has 6 rings (SSSR count). The van der Waals surface area contributed by atoms with Crippen molar-refractivity contribution >= 4 is 45.9 Å². The van der Waals surface area contributed by atoms with Crippen LogP contribution in [0.25, 0.3) is 34.0 Å². The maximum absolute atomic E-state index is 13.9. The fourth-order valence-electron chi connectivity index (χ4n) is 5.28. The molecule has 0 aliphatic heterocycles. The largest absolute Gasteiger partial charge is 0.457 e. The summed E-state index contributed by atoms with van der Waals surface area (Å²) < 4.78 is 11.6. The number of para-hydroxylation sites is 1. The van der Waals surface area contributed by atoms with Crippen molar-refractivity contribution in [2.24, 2.45) is 0 Å². The Morgan fingerprint density at radius 1 is 0.659 bits per heavy atom. The summed E-state index contributed by atoms with van der Waals surface area (Å²) in [5.74, 6) is -0.500. The standard InChI is InChI=1S/C39H31NO4/c1-25-13-15-28(16-14-25)17-18-29-19-20-33-35(23-29)40-34-12-8-7-11-32(34)36(33)39(42)44-37-26(2)21-31(22-27(37)3)38(41)43-24-30-9-5-4-6-10-30/h4-23H,24H2,1-3H3/b18-17+. The minimum atomic E-state index is -0.484. The third-order valence-electron chi connectivity index (χ3n) is 7.56. The normalized spacial score (nSPS) is 11.2. The Hall–Kier alpha value is -5.55. The van der Waals surface area contributed by atoms with Crippen LogP contribution in [0.15, 0.2) is 109 Å². The summed E-state index contributed by atoms with van der Waals surface area (Å²) in [5, 5.41) is 1.42. The van der Waals surface area contributed by atoms with Gasteiger partial charge in [0.05, 0.1) is 22.2 Å². The summed E-state index contributed by atoms with van der Waals surface area (Å²) in [6.07, 6.45) is 4.10. The van der Waals surface area contributed by atoms with Gasteiger partial charge in [-0.15, -0.1) is 0 Å². The lowest BCUT2D eigenvalue weighted by Crippen LogP contribution is -2.13. The molecule has 1 heterocycles. The lowest BCUT2D eigenvalue weighted by molar-refractivity contribution is 0.0472. The first-order valence-corrected chi connectivity index (χ1v) is 14.5. The fourth-order valence-corrected chi connectivity index (χ4v) is 5.28. The molecule has 216 valence electrons. The van der Waals surface area contributed by atoms with Crippen LogP contribution < -0.4 is 4.74 Å². The van der Waals surface area contributed by atoms with Crippen LogP contribution in [-0.2, 0) is 11.3 Å². The number of ether oxygens (including phenoxy) is 2. The van der Waals surface area contributed by atoms with Gasteiger partial charge in [-0.1, -0.05) is 103 Å². The van der Waals surface area contributed by atoms with Crippen LogP contribution in [0.3, 0.4) is 0 Å². The van der Waals surface area contributed by atoms with Crippen molar-refractivity contribution < 1.29 is 19.1 Å². The van der Waals surface area contributed by atoms with Crippen LogP contribution >= 0.6 is 0 Å². The van der Waals surface area contributed by atoms with Gasteiger partial charge in [0.2, 0.25) is 0 Å². The van der Waals surface area contributed by atoms with Crippen molar-refractivity contribution in [2.75, 3.05) is 0 Å². The molecule has 0 fully saturated rings. The molecule has 0 bridgehead atoms. The molecule has 5 heteroatoms. The Kier molecular flexibility index (Phi) is 8.02. The summed E-state index contributed by atoms with van der Waals surface area (Å²) in [5.41, 5.74) is 7.79. The number of aromatic nitrogens is 1. The van der Waals surface area contributed by atoms with E-state index >= 15 is 0 Å². The molecular formula is C39H31NO4. The second-order valence-corrected chi connectivity index (χ2v) is 10.9. The Bertz CT molecular complexity index is 2020. The maximum atomic E-state index is 13.9. The molecule has 0 radical (unpaired) electrons. The molecular weight excluding hydrogens is 546 g/mol. The molecule has 0 spiro atoms. The van der Waals surface area contributed by atoms with E-state index in [1.807, 2.05) is 92.7 Å². The van der Waals surface area contributed by atoms with Crippen LogP contribution in [-0.4, -0.2) is 16.9 Å². The van der Waals surface area contributed by atoms with Crippen LogP contribution in [0.2, 0.25) is 0 Å². The van der Waals surface area contributed by atoms with E-state index < -0.39 is 11.9 Å². The number of hydrogen-bond donors (Lipinski definition) is 0. The molecule has 0 saturated heterocycles. The van der Waals surface area contributed by atoms with Gasteiger partial charge in [-0.2, -0.15) is 0 Å². The zero-order valence-corrected chi connectivity index (χ0v) is 24.8. The van der Waals surface area contributed by atoms with E-state index in [0.717, 1.165) is 16.7 Å². The predicted octanol–water partition coefficient (Wildman–Crippen LogP) is 9.06. The molecule has 0 atom stereocenters. The number of rotatable bonds is 7. The highest BCUT2D eigenvalue weighted by Gasteiger charge is 2.21. The molecule has 0 aliphatic carbocycles. The van der Waals surface area contributed by atoms with Gasteiger partial charge in [0.25, 0.3) is 0 Å². The molecule has 5 aromatic carbocycles. The summed E-state index contributed by atoms with van der Waals surface area (Å²) >= 11 is 0. The first kappa shape index (κ1) is 28.6. The van der Waals surface area contributed by atoms with Gasteiger partial charge in [0.1, 0.15) is 12.4 Å². The van der Waals surface area contributed by atoms with E-state index in [1.165, 1.54) is 5.56 Å². The average Bonchev–Trinajstić information content (AvgIpc) is 3.04.